The Morgan fingerprint density at radius 3 is 2.31 bits per heavy atom. The summed E-state index contributed by atoms with van der Waals surface area (Å²) in [4.78, 5) is 12.7. The van der Waals surface area contributed by atoms with Crippen LogP contribution in [0.3, 0.4) is 0 Å². The first-order valence-electron chi connectivity index (χ1n) is 11.3. The highest BCUT2D eigenvalue weighted by atomic mass is 19.2. The molecular formula is C24H33F3O2. The average molecular weight is 411 g/mol. The van der Waals surface area contributed by atoms with E-state index in [1.807, 2.05) is 0 Å². The number of carboxylic acid groups (broad SMARTS) is 1. The molecule has 0 amide bonds. The van der Waals surface area contributed by atoms with Gasteiger partial charge < -0.3 is 5.11 Å². The van der Waals surface area contributed by atoms with E-state index >= 15 is 0 Å². The Bertz CT molecular complexity index is 691. The summed E-state index contributed by atoms with van der Waals surface area (Å²) in [6, 6.07) is 2.08. The Balaban J connectivity index is 1.99. The molecule has 3 atom stereocenters. The number of carbonyl (C=O) groups is 1. The summed E-state index contributed by atoms with van der Waals surface area (Å²) in [6.45, 7) is 2.15. The molecule has 0 aliphatic heterocycles. The topological polar surface area (TPSA) is 37.3 Å². The second kappa shape index (κ2) is 9.53. The van der Waals surface area contributed by atoms with Gasteiger partial charge in [0, 0.05) is 5.92 Å². The van der Waals surface area contributed by atoms with Crippen molar-refractivity contribution in [3.8, 4) is 0 Å². The van der Waals surface area contributed by atoms with Crippen LogP contribution in [0.25, 0.3) is 0 Å². The molecule has 0 spiro atoms. The molecule has 1 aromatic carbocycles. The first-order chi connectivity index (χ1) is 13.9. The number of aliphatic carboxylic acids is 1. The summed E-state index contributed by atoms with van der Waals surface area (Å²) in [6.07, 6.45) is 11.1. The summed E-state index contributed by atoms with van der Waals surface area (Å²) < 4.78 is 41.7. The van der Waals surface area contributed by atoms with Crippen LogP contribution in [-0.2, 0) is 4.79 Å². The highest BCUT2D eigenvalue weighted by Gasteiger charge is 2.54. The largest absolute Gasteiger partial charge is 0.481 e. The fourth-order valence-corrected chi connectivity index (χ4v) is 5.97. The molecule has 0 bridgehead atoms. The van der Waals surface area contributed by atoms with Crippen LogP contribution in [0.2, 0.25) is 0 Å². The fraction of sp³-hybridized carbons (Fsp3) is 0.708. The highest BCUT2D eigenvalue weighted by Crippen LogP contribution is 2.57. The molecule has 3 rings (SSSR count). The minimum absolute atomic E-state index is 0.00603. The van der Waals surface area contributed by atoms with Crippen LogP contribution in [0.1, 0.15) is 95.5 Å². The van der Waals surface area contributed by atoms with Crippen molar-refractivity contribution in [2.24, 2.45) is 17.3 Å². The van der Waals surface area contributed by atoms with Gasteiger partial charge in [-0.15, -0.1) is 0 Å². The lowest BCUT2D eigenvalue weighted by Gasteiger charge is -2.49. The van der Waals surface area contributed by atoms with E-state index in [1.54, 1.807) is 0 Å². The van der Waals surface area contributed by atoms with Crippen molar-refractivity contribution in [2.45, 2.75) is 89.9 Å². The second-order valence-electron chi connectivity index (χ2n) is 9.17. The van der Waals surface area contributed by atoms with Crippen LogP contribution >= 0.6 is 0 Å². The molecule has 2 saturated carbocycles. The SMILES string of the molecule is CCCCC[C@@H]1CC[C@@](C(=O)O)(C2CCCCC2)C(c2cc(F)c(F)c(F)c2)C1. The summed E-state index contributed by atoms with van der Waals surface area (Å²) in [7, 11) is 0. The maximum absolute atomic E-state index is 14.1. The summed E-state index contributed by atoms with van der Waals surface area (Å²) >= 11 is 0. The number of unbranched alkanes of at least 4 members (excludes halogenated alkanes) is 2. The van der Waals surface area contributed by atoms with Gasteiger partial charge in [-0.3, -0.25) is 4.79 Å². The molecule has 0 saturated heterocycles. The van der Waals surface area contributed by atoms with Gasteiger partial charge in [0.2, 0.25) is 0 Å². The summed E-state index contributed by atoms with van der Waals surface area (Å²) in [5.74, 6) is -4.92. The zero-order valence-electron chi connectivity index (χ0n) is 17.4. The van der Waals surface area contributed by atoms with Crippen LogP contribution in [0.5, 0.6) is 0 Å². The zero-order valence-corrected chi connectivity index (χ0v) is 17.4. The number of halogens is 3. The third kappa shape index (κ3) is 4.49. The smallest absolute Gasteiger partial charge is 0.310 e. The monoisotopic (exact) mass is 410 g/mol. The molecule has 2 nitrogen and oxygen atoms in total. The van der Waals surface area contributed by atoms with E-state index < -0.39 is 34.8 Å². The third-order valence-corrected chi connectivity index (χ3v) is 7.51. The first-order valence-corrected chi connectivity index (χ1v) is 11.3. The Labute approximate surface area is 171 Å². The van der Waals surface area contributed by atoms with Gasteiger partial charge in [-0.1, -0.05) is 51.9 Å². The van der Waals surface area contributed by atoms with Crippen LogP contribution in [-0.4, -0.2) is 11.1 Å². The Morgan fingerprint density at radius 2 is 1.72 bits per heavy atom. The van der Waals surface area contributed by atoms with Gasteiger partial charge in [-0.2, -0.15) is 0 Å². The molecule has 2 aliphatic carbocycles. The predicted molar refractivity (Wildman–Crippen MR) is 107 cm³/mol. The molecule has 0 radical (unpaired) electrons. The van der Waals surface area contributed by atoms with Gasteiger partial charge in [-0.05, 0) is 61.6 Å². The number of hydrogen-bond acceptors (Lipinski definition) is 1. The Kier molecular flexibility index (Phi) is 7.28. The molecule has 2 fully saturated rings. The highest BCUT2D eigenvalue weighted by molar-refractivity contribution is 5.77. The van der Waals surface area contributed by atoms with Crippen molar-refractivity contribution in [1.29, 1.82) is 0 Å². The quantitative estimate of drug-likeness (QED) is 0.381. The van der Waals surface area contributed by atoms with Gasteiger partial charge in [-0.25, -0.2) is 13.2 Å². The molecule has 5 heteroatoms. The number of hydrogen-bond donors (Lipinski definition) is 1. The molecule has 2 aliphatic rings. The van der Waals surface area contributed by atoms with Crippen molar-refractivity contribution < 1.29 is 23.1 Å². The zero-order chi connectivity index (χ0) is 21.0. The van der Waals surface area contributed by atoms with Gasteiger partial charge in [0.05, 0.1) is 5.41 Å². The first kappa shape index (κ1) is 22.2. The summed E-state index contributed by atoms with van der Waals surface area (Å²) in [5.41, 5.74) is -0.701. The maximum atomic E-state index is 14.1. The number of rotatable bonds is 7. The number of benzene rings is 1. The molecule has 0 aromatic heterocycles. The molecule has 29 heavy (non-hydrogen) atoms. The predicted octanol–water partition coefficient (Wildman–Crippen LogP) is 7.22. The Morgan fingerprint density at radius 1 is 1.07 bits per heavy atom. The van der Waals surface area contributed by atoms with E-state index in [2.05, 4.69) is 6.92 Å². The molecule has 1 unspecified atom stereocenters. The van der Waals surface area contributed by atoms with E-state index in [4.69, 9.17) is 0 Å². The van der Waals surface area contributed by atoms with E-state index in [9.17, 15) is 23.1 Å². The average Bonchev–Trinajstić information content (AvgIpc) is 2.72. The fourth-order valence-electron chi connectivity index (χ4n) is 5.97. The number of carboxylic acids is 1. The van der Waals surface area contributed by atoms with Crippen molar-refractivity contribution in [1.82, 2.24) is 0 Å². The van der Waals surface area contributed by atoms with Crippen molar-refractivity contribution in [2.75, 3.05) is 0 Å². The maximum Gasteiger partial charge on any atom is 0.310 e. The van der Waals surface area contributed by atoms with E-state index in [1.165, 1.54) is 0 Å². The third-order valence-electron chi connectivity index (χ3n) is 7.51. The lowest BCUT2D eigenvalue weighted by molar-refractivity contribution is -0.159. The van der Waals surface area contributed by atoms with Crippen LogP contribution < -0.4 is 0 Å². The normalized spacial score (nSPS) is 28.4. The van der Waals surface area contributed by atoms with Crippen LogP contribution in [0, 0.1) is 34.7 Å². The molecule has 1 aromatic rings. The lowest BCUT2D eigenvalue weighted by atomic mass is 9.53. The van der Waals surface area contributed by atoms with Crippen LogP contribution in [0.15, 0.2) is 12.1 Å². The second-order valence-corrected chi connectivity index (χ2v) is 9.17. The van der Waals surface area contributed by atoms with Crippen molar-refractivity contribution >= 4 is 5.97 Å². The van der Waals surface area contributed by atoms with Crippen LogP contribution in [0.4, 0.5) is 13.2 Å². The van der Waals surface area contributed by atoms with Gasteiger partial charge in [0.15, 0.2) is 17.5 Å². The molecule has 1 N–H and O–H groups in total. The molecule has 0 heterocycles. The molecular weight excluding hydrogens is 377 g/mol. The molecule has 162 valence electrons. The van der Waals surface area contributed by atoms with Gasteiger partial charge >= 0.3 is 5.97 Å². The standard InChI is InChI=1S/C24H33F3O2/c1-2-3-5-8-16-11-12-24(23(28)29,18-9-6-4-7-10-18)19(13-16)17-14-20(25)22(27)21(26)15-17/h14-16,18-19H,2-13H2,1H3,(H,28,29)/t16-,19?,24-/m1/s1. The van der Waals surface area contributed by atoms with E-state index in [0.29, 0.717) is 24.3 Å². The van der Waals surface area contributed by atoms with Crippen molar-refractivity contribution in [3.05, 3.63) is 35.1 Å². The van der Waals surface area contributed by atoms with Gasteiger partial charge in [0.1, 0.15) is 0 Å². The minimum atomic E-state index is -1.48. The van der Waals surface area contributed by atoms with Crippen molar-refractivity contribution in [3.63, 3.8) is 0 Å². The summed E-state index contributed by atoms with van der Waals surface area (Å²) in [5, 5.41) is 10.4. The van der Waals surface area contributed by atoms with E-state index in [-0.39, 0.29) is 5.92 Å². The lowest BCUT2D eigenvalue weighted by Crippen LogP contribution is -2.48. The van der Waals surface area contributed by atoms with Gasteiger partial charge in [0.25, 0.3) is 0 Å². The Hall–Kier alpha value is -1.52. The van der Waals surface area contributed by atoms with E-state index in [0.717, 1.165) is 76.3 Å². The minimum Gasteiger partial charge on any atom is -0.481 e.